The van der Waals surface area contributed by atoms with Crippen LogP contribution in [-0.2, 0) is 11.3 Å². The molecule has 0 saturated carbocycles. The first-order valence-electron chi connectivity index (χ1n) is 11.8. The van der Waals surface area contributed by atoms with Crippen molar-refractivity contribution in [2.75, 3.05) is 26.6 Å². The molecule has 5 rings (SSSR count). The molecule has 0 fully saturated rings. The minimum absolute atomic E-state index is 0.142. The molecule has 9 nitrogen and oxygen atoms in total. The number of anilines is 1. The third-order valence-electron chi connectivity index (χ3n) is 6.64. The summed E-state index contributed by atoms with van der Waals surface area (Å²) in [4.78, 5) is 32.7. The Morgan fingerprint density at radius 1 is 1.00 bits per heavy atom. The fourth-order valence-corrected chi connectivity index (χ4v) is 4.83. The third-order valence-corrected chi connectivity index (χ3v) is 6.64. The van der Waals surface area contributed by atoms with Gasteiger partial charge in [0, 0.05) is 18.3 Å². The van der Waals surface area contributed by atoms with Crippen molar-refractivity contribution in [1.29, 1.82) is 0 Å². The lowest BCUT2D eigenvalue weighted by Gasteiger charge is -2.40. The normalized spacial score (nSPS) is 16.7. The number of hydrogen-bond acceptors (Lipinski definition) is 6. The van der Waals surface area contributed by atoms with E-state index in [0.717, 1.165) is 11.1 Å². The van der Waals surface area contributed by atoms with Gasteiger partial charge in [0.15, 0.2) is 11.5 Å². The van der Waals surface area contributed by atoms with Gasteiger partial charge < -0.3 is 19.7 Å². The summed E-state index contributed by atoms with van der Waals surface area (Å²) >= 11 is 0. The first-order valence-corrected chi connectivity index (χ1v) is 11.8. The number of fused-ring (bicyclic) bond motifs is 1. The Balaban J connectivity index is 1.49. The SMILES string of the molecule is COc1ccc(C2C(C(=O)Nc3ccc(Cn4cncn4)cc3)c3ccccc3C(=O)N2C)cc1OC. The molecule has 3 aromatic carbocycles. The van der Waals surface area contributed by atoms with E-state index in [9.17, 15) is 9.59 Å². The van der Waals surface area contributed by atoms with Crippen LogP contribution in [0.1, 0.15) is 39.0 Å². The van der Waals surface area contributed by atoms with E-state index in [-0.39, 0.29) is 11.8 Å². The molecule has 1 N–H and O–H groups in total. The quantitative estimate of drug-likeness (QED) is 0.416. The number of ether oxygens (including phenoxy) is 2. The molecule has 1 aromatic heterocycles. The molecule has 37 heavy (non-hydrogen) atoms. The summed E-state index contributed by atoms with van der Waals surface area (Å²) in [6.45, 7) is 0.582. The summed E-state index contributed by atoms with van der Waals surface area (Å²) in [5, 5.41) is 7.18. The molecule has 2 heterocycles. The van der Waals surface area contributed by atoms with Gasteiger partial charge in [-0.05, 0) is 47.0 Å². The van der Waals surface area contributed by atoms with E-state index in [0.29, 0.717) is 34.9 Å². The van der Waals surface area contributed by atoms with Crippen LogP contribution >= 0.6 is 0 Å². The molecule has 2 unspecified atom stereocenters. The van der Waals surface area contributed by atoms with Gasteiger partial charge in [0.2, 0.25) is 5.91 Å². The van der Waals surface area contributed by atoms with E-state index >= 15 is 0 Å². The van der Waals surface area contributed by atoms with Crippen LogP contribution in [0.25, 0.3) is 0 Å². The molecule has 2 atom stereocenters. The molecule has 1 aliphatic heterocycles. The molecular formula is C28H27N5O4. The topological polar surface area (TPSA) is 98.6 Å². The Hall–Kier alpha value is -4.66. The number of carbonyl (C=O) groups excluding carboxylic acids is 2. The molecule has 2 amide bonds. The minimum Gasteiger partial charge on any atom is -0.493 e. The number of likely N-dealkylation sites (N-methyl/N-ethyl adjacent to an activating group) is 1. The highest BCUT2D eigenvalue weighted by atomic mass is 16.5. The Labute approximate surface area is 214 Å². The Kier molecular flexibility index (Phi) is 6.59. The molecule has 0 aliphatic carbocycles. The van der Waals surface area contributed by atoms with Gasteiger partial charge in [0.1, 0.15) is 12.7 Å². The smallest absolute Gasteiger partial charge is 0.254 e. The maximum Gasteiger partial charge on any atom is 0.254 e. The van der Waals surface area contributed by atoms with Gasteiger partial charge in [-0.2, -0.15) is 5.10 Å². The Bertz CT molecular complexity index is 1420. The predicted octanol–water partition coefficient (Wildman–Crippen LogP) is 3.89. The number of aromatic nitrogens is 3. The van der Waals surface area contributed by atoms with Gasteiger partial charge in [-0.15, -0.1) is 0 Å². The molecule has 0 spiro atoms. The largest absolute Gasteiger partial charge is 0.493 e. The third kappa shape index (κ3) is 4.63. The van der Waals surface area contributed by atoms with E-state index in [1.165, 1.54) is 6.33 Å². The number of carbonyl (C=O) groups is 2. The number of nitrogens with zero attached hydrogens (tertiary/aromatic N) is 4. The fraction of sp³-hybridized carbons (Fsp3) is 0.214. The Morgan fingerprint density at radius 2 is 1.76 bits per heavy atom. The average molecular weight is 498 g/mol. The van der Waals surface area contributed by atoms with Gasteiger partial charge in [-0.3, -0.25) is 9.59 Å². The average Bonchev–Trinajstić information content (AvgIpc) is 3.44. The lowest BCUT2D eigenvalue weighted by atomic mass is 9.79. The van der Waals surface area contributed by atoms with Crippen molar-refractivity contribution in [3.63, 3.8) is 0 Å². The van der Waals surface area contributed by atoms with Gasteiger partial charge in [0.25, 0.3) is 5.91 Å². The van der Waals surface area contributed by atoms with Gasteiger partial charge in [-0.1, -0.05) is 36.4 Å². The molecular weight excluding hydrogens is 470 g/mol. The van der Waals surface area contributed by atoms with Crippen LogP contribution in [0.4, 0.5) is 5.69 Å². The molecule has 0 radical (unpaired) electrons. The van der Waals surface area contributed by atoms with Gasteiger partial charge in [0.05, 0.1) is 32.7 Å². The van der Waals surface area contributed by atoms with Crippen LogP contribution in [-0.4, -0.2) is 52.7 Å². The molecule has 4 aromatic rings. The summed E-state index contributed by atoms with van der Waals surface area (Å²) in [5.41, 5.74) is 3.66. The summed E-state index contributed by atoms with van der Waals surface area (Å²) in [7, 11) is 4.85. The maximum absolute atomic E-state index is 13.9. The van der Waals surface area contributed by atoms with E-state index < -0.39 is 12.0 Å². The second-order valence-corrected chi connectivity index (χ2v) is 8.82. The number of rotatable bonds is 7. The second-order valence-electron chi connectivity index (χ2n) is 8.82. The van der Waals surface area contributed by atoms with Crippen LogP contribution in [0.3, 0.4) is 0 Å². The standard InChI is InChI=1S/C28H27N5O4/c1-32-26(19-10-13-23(36-2)24(14-19)37-3)25(21-6-4-5-7-22(21)28(32)35)27(34)31-20-11-8-18(9-12-20)15-33-17-29-16-30-33/h4-14,16-17,25-26H,15H2,1-3H3,(H,31,34). The zero-order chi connectivity index (χ0) is 25.9. The molecule has 188 valence electrons. The summed E-state index contributed by atoms with van der Waals surface area (Å²) in [6, 6.07) is 19.8. The molecule has 0 bridgehead atoms. The van der Waals surface area contributed by atoms with Crippen molar-refractivity contribution < 1.29 is 19.1 Å². The predicted molar refractivity (Wildman–Crippen MR) is 138 cm³/mol. The zero-order valence-corrected chi connectivity index (χ0v) is 20.8. The molecule has 0 saturated heterocycles. The minimum atomic E-state index is -0.646. The summed E-state index contributed by atoms with van der Waals surface area (Å²) in [6.07, 6.45) is 3.15. The van der Waals surface area contributed by atoms with E-state index in [4.69, 9.17) is 9.47 Å². The van der Waals surface area contributed by atoms with Crippen molar-refractivity contribution in [3.05, 3.63) is 102 Å². The highest BCUT2D eigenvalue weighted by Crippen LogP contribution is 2.44. The van der Waals surface area contributed by atoms with Crippen molar-refractivity contribution in [1.82, 2.24) is 19.7 Å². The van der Waals surface area contributed by atoms with Gasteiger partial charge >= 0.3 is 0 Å². The monoisotopic (exact) mass is 497 g/mol. The fourth-order valence-electron chi connectivity index (χ4n) is 4.83. The first kappa shape index (κ1) is 24.1. The van der Waals surface area contributed by atoms with Crippen molar-refractivity contribution in [3.8, 4) is 11.5 Å². The number of methoxy groups -OCH3 is 2. The van der Waals surface area contributed by atoms with Crippen molar-refractivity contribution in [2.24, 2.45) is 0 Å². The van der Waals surface area contributed by atoms with Crippen LogP contribution < -0.4 is 14.8 Å². The van der Waals surface area contributed by atoms with Crippen LogP contribution in [0.15, 0.2) is 79.4 Å². The Morgan fingerprint density at radius 3 is 2.46 bits per heavy atom. The second kappa shape index (κ2) is 10.1. The lowest BCUT2D eigenvalue weighted by Crippen LogP contribution is -2.44. The molecule has 1 aliphatic rings. The maximum atomic E-state index is 13.9. The van der Waals surface area contributed by atoms with Crippen molar-refractivity contribution >= 4 is 17.5 Å². The number of benzene rings is 3. The number of nitrogens with one attached hydrogen (secondary N) is 1. The number of amides is 2. The lowest BCUT2D eigenvalue weighted by molar-refractivity contribution is -0.119. The van der Waals surface area contributed by atoms with Crippen LogP contribution in [0.2, 0.25) is 0 Å². The highest BCUT2D eigenvalue weighted by Gasteiger charge is 2.42. The summed E-state index contributed by atoms with van der Waals surface area (Å²) < 4.78 is 12.6. The summed E-state index contributed by atoms with van der Waals surface area (Å²) in [5.74, 6) is 0.101. The van der Waals surface area contributed by atoms with E-state index in [2.05, 4.69) is 15.4 Å². The molecule has 9 heteroatoms. The van der Waals surface area contributed by atoms with Gasteiger partial charge in [-0.25, -0.2) is 9.67 Å². The zero-order valence-electron chi connectivity index (χ0n) is 20.8. The van der Waals surface area contributed by atoms with Crippen molar-refractivity contribution in [2.45, 2.75) is 18.5 Å². The van der Waals surface area contributed by atoms with E-state index in [1.54, 1.807) is 49.3 Å². The van der Waals surface area contributed by atoms with Crippen LogP contribution in [0, 0.1) is 0 Å². The number of hydrogen-bond donors (Lipinski definition) is 1. The van der Waals surface area contributed by atoms with E-state index in [1.807, 2.05) is 54.6 Å². The van der Waals surface area contributed by atoms with Crippen LogP contribution in [0.5, 0.6) is 11.5 Å². The highest BCUT2D eigenvalue weighted by molar-refractivity contribution is 6.04. The first-order chi connectivity index (χ1) is 18.0.